The number of hydrogen-bond donors (Lipinski definition) is 1. The van der Waals surface area contributed by atoms with E-state index in [4.69, 9.17) is 5.73 Å². The molecule has 96 valence electrons. The third-order valence-electron chi connectivity index (χ3n) is 3.62. The van der Waals surface area contributed by atoms with Crippen LogP contribution in [0.5, 0.6) is 0 Å². The zero-order valence-electron chi connectivity index (χ0n) is 11.5. The molecule has 1 fully saturated rings. The minimum absolute atomic E-state index is 0.0110. The van der Waals surface area contributed by atoms with Crippen LogP contribution in [0, 0.1) is 0 Å². The number of piperidine rings is 1. The van der Waals surface area contributed by atoms with Crippen molar-refractivity contribution in [1.82, 2.24) is 9.80 Å². The Morgan fingerprint density at radius 2 is 2.12 bits per heavy atom. The Morgan fingerprint density at radius 1 is 1.44 bits per heavy atom. The van der Waals surface area contributed by atoms with Gasteiger partial charge in [0.2, 0.25) is 0 Å². The van der Waals surface area contributed by atoms with Crippen LogP contribution < -0.4 is 5.73 Å². The Hall–Kier alpha value is -0.120. The van der Waals surface area contributed by atoms with Crippen LogP contribution in [0.4, 0.5) is 0 Å². The molecule has 0 aromatic heterocycles. The molecule has 1 rings (SSSR count). The van der Waals surface area contributed by atoms with Crippen molar-refractivity contribution in [2.45, 2.75) is 51.1 Å². The molecule has 3 nitrogen and oxygen atoms in total. The van der Waals surface area contributed by atoms with Gasteiger partial charge in [-0.05, 0) is 46.8 Å². The van der Waals surface area contributed by atoms with E-state index < -0.39 is 0 Å². The molecule has 16 heavy (non-hydrogen) atoms. The average Bonchev–Trinajstić information content (AvgIpc) is 2.17. The lowest BCUT2D eigenvalue weighted by atomic mass is 9.95. The van der Waals surface area contributed by atoms with Crippen molar-refractivity contribution in [2.24, 2.45) is 5.73 Å². The van der Waals surface area contributed by atoms with E-state index in [-0.39, 0.29) is 5.54 Å². The third kappa shape index (κ3) is 4.40. The van der Waals surface area contributed by atoms with Gasteiger partial charge < -0.3 is 10.6 Å². The van der Waals surface area contributed by atoms with Gasteiger partial charge in [0, 0.05) is 24.7 Å². The summed E-state index contributed by atoms with van der Waals surface area (Å²) in [5.74, 6) is 0. The molecule has 0 aromatic carbocycles. The summed E-state index contributed by atoms with van der Waals surface area (Å²) in [6.07, 6.45) is 4.94. The number of rotatable bonds is 5. The maximum Gasteiger partial charge on any atom is 0.0254 e. The van der Waals surface area contributed by atoms with Crippen molar-refractivity contribution in [3.05, 3.63) is 0 Å². The highest BCUT2D eigenvalue weighted by molar-refractivity contribution is 4.86. The van der Waals surface area contributed by atoms with Gasteiger partial charge in [-0.3, -0.25) is 4.90 Å². The molecule has 1 saturated heterocycles. The van der Waals surface area contributed by atoms with Crippen molar-refractivity contribution in [3.63, 3.8) is 0 Å². The maximum atomic E-state index is 6.32. The van der Waals surface area contributed by atoms with Gasteiger partial charge in [-0.15, -0.1) is 0 Å². The van der Waals surface area contributed by atoms with Crippen molar-refractivity contribution < 1.29 is 0 Å². The maximum absolute atomic E-state index is 6.32. The second-order valence-corrected chi connectivity index (χ2v) is 5.90. The zero-order valence-corrected chi connectivity index (χ0v) is 11.5. The summed E-state index contributed by atoms with van der Waals surface area (Å²) in [7, 11) is 4.36. The molecule has 2 N–H and O–H groups in total. The van der Waals surface area contributed by atoms with Crippen molar-refractivity contribution in [1.29, 1.82) is 0 Å². The minimum Gasteiger partial charge on any atom is -0.324 e. The van der Waals surface area contributed by atoms with Gasteiger partial charge in [-0.25, -0.2) is 0 Å². The molecule has 1 aliphatic rings. The van der Waals surface area contributed by atoms with E-state index >= 15 is 0 Å². The predicted molar refractivity (Wildman–Crippen MR) is 70.6 cm³/mol. The molecule has 2 atom stereocenters. The lowest BCUT2D eigenvalue weighted by molar-refractivity contribution is 0.111. The van der Waals surface area contributed by atoms with Crippen molar-refractivity contribution >= 4 is 0 Å². The quantitative estimate of drug-likeness (QED) is 0.773. The molecule has 1 aliphatic heterocycles. The van der Waals surface area contributed by atoms with E-state index in [1.807, 2.05) is 0 Å². The van der Waals surface area contributed by atoms with Gasteiger partial charge in [0.05, 0.1) is 0 Å². The molecule has 0 saturated carbocycles. The van der Waals surface area contributed by atoms with E-state index in [2.05, 4.69) is 37.7 Å². The highest BCUT2D eigenvalue weighted by Crippen LogP contribution is 2.17. The first kappa shape index (κ1) is 13.9. The molecule has 0 amide bonds. The topological polar surface area (TPSA) is 32.5 Å². The fourth-order valence-corrected chi connectivity index (χ4v) is 2.76. The lowest BCUT2D eigenvalue weighted by Crippen LogP contribution is -2.53. The summed E-state index contributed by atoms with van der Waals surface area (Å²) in [5.41, 5.74) is 6.31. The van der Waals surface area contributed by atoms with Gasteiger partial charge in [0.15, 0.2) is 0 Å². The average molecular weight is 227 g/mol. The van der Waals surface area contributed by atoms with Crippen LogP contribution in [0.3, 0.4) is 0 Å². The Labute approximate surface area is 101 Å². The van der Waals surface area contributed by atoms with Crippen LogP contribution in [0.15, 0.2) is 0 Å². The fraction of sp³-hybridized carbons (Fsp3) is 1.00. The second-order valence-electron chi connectivity index (χ2n) is 5.90. The third-order valence-corrected chi connectivity index (χ3v) is 3.62. The molecule has 1 heterocycles. The van der Waals surface area contributed by atoms with Gasteiger partial charge in [0.25, 0.3) is 0 Å². The van der Waals surface area contributed by atoms with E-state index in [0.717, 1.165) is 13.0 Å². The summed E-state index contributed by atoms with van der Waals surface area (Å²) in [6.45, 7) is 7.86. The molecule has 0 radical (unpaired) electrons. The molecule has 0 aliphatic carbocycles. The van der Waals surface area contributed by atoms with Crippen LogP contribution in [0.25, 0.3) is 0 Å². The molecule has 3 heteroatoms. The number of hydrogen-bond acceptors (Lipinski definition) is 3. The molecular formula is C13H29N3. The Balaban J connectivity index is 2.42. The van der Waals surface area contributed by atoms with Gasteiger partial charge in [-0.1, -0.05) is 13.3 Å². The summed E-state index contributed by atoms with van der Waals surface area (Å²) in [5, 5.41) is 0. The van der Waals surface area contributed by atoms with Gasteiger partial charge >= 0.3 is 0 Å². The highest BCUT2D eigenvalue weighted by atomic mass is 15.2. The van der Waals surface area contributed by atoms with Crippen molar-refractivity contribution in [3.8, 4) is 0 Å². The number of nitrogens with two attached hydrogens (primary N) is 1. The number of likely N-dealkylation sites (N-methyl/N-ethyl adjacent to an activating group) is 1. The van der Waals surface area contributed by atoms with Crippen LogP contribution in [0.1, 0.15) is 39.5 Å². The van der Waals surface area contributed by atoms with Crippen molar-refractivity contribution in [2.75, 3.05) is 33.7 Å². The minimum atomic E-state index is -0.0110. The predicted octanol–water partition coefficient (Wildman–Crippen LogP) is 1.53. The van der Waals surface area contributed by atoms with E-state index in [1.54, 1.807) is 0 Å². The van der Waals surface area contributed by atoms with E-state index in [0.29, 0.717) is 6.04 Å². The summed E-state index contributed by atoms with van der Waals surface area (Å²) in [6, 6.07) is 0.714. The van der Waals surface area contributed by atoms with Gasteiger partial charge in [-0.2, -0.15) is 0 Å². The summed E-state index contributed by atoms with van der Waals surface area (Å²) in [4.78, 5) is 4.89. The normalized spacial score (nSPS) is 27.0. The number of likely N-dealkylation sites (tertiary alicyclic amines) is 1. The first-order chi connectivity index (χ1) is 7.44. The smallest absolute Gasteiger partial charge is 0.0254 e. The zero-order chi connectivity index (χ0) is 12.2. The fourth-order valence-electron chi connectivity index (χ4n) is 2.76. The van der Waals surface area contributed by atoms with Crippen LogP contribution in [0.2, 0.25) is 0 Å². The second kappa shape index (κ2) is 5.99. The standard InChI is InChI=1S/C13H29N3/c1-5-8-13(2,14)11-16-9-6-7-12(10-16)15(3)4/h12H,5-11,14H2,1-4H3. The Kier molecular flexibility index (Phi) is 5.22. The van der Waals surface area contributed by atoms with Gasteiger partial charge in [0.1, 0.15) is 0 Å². The molecular weight excluding hydrogens is 198 g/mol. The largest absolute Gasteiger partial charge is 0.324 e. The first-order valence-electron chi connectivity index (χ1n) is 6.62. The summed E-state index contributed by atoms with van der Waals surface area (Å²) < 4.78 is 0. The molecule has 2 unspecified atom stereocenters. The Morgan fingerprint density at radius 3 is 2.69 bits per heavy atom. The SMILES string of the molecule is CCCC(C)(N)CN1CCCC(N(C)C)C1. The summed E-state index contributed by atoms with van der Waals surface area (Å²) >= 11 is 0. The molecule has 0 spiro atoms. The van der Waals surface area contributed by atoms with Crippen LogP contribution in [-0.2, 0) is 0 Å². The van der Waals surface area contributed by atoms with E-state index in [9.17, 15) is 0 Å². The highest BCUT2D eigenvalue weighted by Gasteiger charge is 2.26. The van der Waals surface area contributed by atoms with E-state index in [1.165, 1.54) is 32.4 Å². The molecule has 0 aromatic rings. The lowest BCUT2D eigenvalue weighted by Gasteiger charge is -2.40. The Bertz CT molecular complexity index is 201. The monoisotopic (exact) mass is 227 g/mol. The number of nitrogens with zero attached hydrogens (tertiary/aromatic N) is 2. The van der Waals surface area contributed by atoms with Crippen LogP contribution in [-0.4, -0.2) is 55.1 Å². The molecule has 0 bridgehead atoms. The van der Waals surface area contributed by atoms with Crippen LogP contribution >= 0.6 is 0 Å². The first-order valence-corrected chi connectivity index (χ1v) is 6.62.